The lowest BCUT2D eigenvalue weighted by Gasteiger charge is -2.25. The predicted molar refractivity (Wildman–Crippen MR) is 73.3 cm³/mol. The fraction of sp³-hybridized carbons (Fsp3) is 0.571. The first kappa shape index (κ1) is 14.5. The van der Waals surface area contributed by atoms with Crippen molar-refractivity contribution in [3.05, 3.63) is 35.9 Å². The summed E-state index contributed by atoms with van der Waals surface area (Å²) in [7, 11) is 0. The van der Waals surface area contributed by atoms with Crippen LogP contribution in [0.3, 0.4) is 0 Å². The molecule has 0 aromatic heterocycles. The molecule has 96 valence electrons. The van der Waals surface area contributed by atoms with E-state index in [-0.39, 0.29) is 12.4 Å². The van der Waals surface area contributed by atoms with Gasteiger partial charge in [-0.15, -0.1) is 12.4 Å². The Morgan fingerprint density at radius 2 is 1.71 bits per heavy atom. The zero-order chi connectivity index (χ0) is 11.2. The molecular weight excluding hydrogens is 234 g/mol. The maximum Gasteiger partial charge on any atom is 0.0717 e. The molecule has 2 N–H and O–H groups in total. The molecule has 1 saturated carbocycles. The van der Waals surface area contributed by atoms with E-state index in [1.807, 2.05) is 6.07 Å². The van der Waals surface area contributed by atoms with Gasteiger partial charge in [0.1, 0.15) is 0 Å². The highest BCUT2D eigenvalue weighted by molar-refractivity contribution is 5.85. The van der Waals surface area contributed by atoms with E-state index in [0.717, 1.165) is 19.1 Å². The van der Waals surface area contributed by atoms with Gasteiger partial charge in [0.05, 0.1) is 6.61 Å². The molecule has 17 heavy (non-hydrogen) atoms. The van der Waals surface area contributed by atoms with Crippen molar-refractivity contribution in [2.24, 2.45) is 11.7 Å². The Morgan fingerprint density at radius 3 is 2.35 bits per heavy atom. The molecule has 0 atom stereocenters. The molecule has 1 aliphatic rings. The van der Waals surface area contributed by atoms with Gasteiger partial charge in [-0.2, -0.15) is 0 Å². The average molecular weight is 256 g/mol. The third-order valence-electron chi connectivity index (χ3n) is 3.36. The molecule has 0 saturated heterocycles. The Morgan fingerprint density at radius 1 is 1.06 bits per heavy atom. The molecule has 0 aliphatic heterocycles. The first-order chi connectivity index (χ1) is 7.84. The lowest BCUT2D eigenvalue weighted by atomic mass is 9.87. The quantitative estimate of drug-likeness (QED) is 0.897. The Labute approximate surface area is 110 Å². The molecule has 0 spiro atoms. The van der Waals surface area contributed by atoms with Crippen LogP contribution >= 0.6 is 12.4 Å². The Balaban J connectivity index is 0.00000144. The predicted octanol–water partition coefficient (Wildman–Crippen LogP) is 3.14. The second-order valence-electron chi connectivity index (χ2n) is 4.78. The third-order valence-corrected chi connectivity index (χ3v) is 3.36. The van der Waals surface area contributed by atoms with Crippen LogP contribution in [0.5, 0.6) is 0 Å². The van der Waals surface area contributed by atoms with Gasteiger partial charge in [0.2, 0.25) is 0 Å². The largest absolute Gasteiger partial charge is 0.376 e. The summed E-state index contributed by atoms with van der Waals surface area (Å²) in [5, 5.41) is 0. The number of nitrogens with two attached hydrogens (primary N) is 1. The van der Waals surface area contributed by atoms with Gasteiger partial charge in [0.15, 0.2) is 0 Å². The minimum Gasteiger partial charge on any atom is -0.376 e. The molecule has 3 heteroatoms. The van der Waals surface area contributed by atoms with Gasteiger partial charge in [-0.1, -0.05) is 30.3 Å². The van der Waals surface area contributed by atoms with Crippen molar-refractivity contribution in [2.75, 3.05) is 6.61 Å². The van der Waals surface area contributed by atoms with Crippen LogP contribution in [0.1, 0.15) is 31.2 Å². The summed E-state index contributed by atoms with van der Waals surface area (Å²) in [6.07, 6.45) is 4.80. The smallest absolute Gasteiger partial charge is 0.0717 e. The highest BCUT2D eigenvalue weighted by Gasteiger charge is 2.18. The van der Waals surface area contributed by atoms with E-state index in [0.29, 0.717) is 6.04 Å². The maximum absolute atomic E-state index is 5.88. The molecular formula is C14H22ClNO. The van der Waals surface area contributed by atoms with Gasteiger partial charge in [0.25, 0.3) is 0 Å². The number of rotatable bonds is 4. The monoisotopic (exact) mass is 255 g/mol. The molecule has 1 aromatic rings. The molecule has 2 nitrogen and oxygen atoms in total. The van der Waals surface area contributed by atoms with Crippen molar-refractivity contribution in [1.29, 1.82) is 0 Å². The van der Waals surface area contributed by atoms with E-state index in [1.54, 1.807) is 0 Å². The average Bonchev–Trinajstić information content (AvgIpc) is 2.33. The highest BCUT2D eigenvalue weighted by atomic mass is 35.5. The topological polar surface area (TPSA) is 35.2 Å². The van der Waals surface area contributed by atoms with Crippen molar-refractivity contribution in [2.45, 2.75) is 38.3 Å². The van der Waals surface area contributed by atoms with Crippen LogP contribution in [0.15, 0.2) is 30.3 Å². The van der Waals surface area contributed by atoms with Gasteiger partial charge in [-0.05, 0) is 37.2 Å². The fourth-order valence-electron chi connectivity index (χ4n) is 2.27. The van der Waals surface area contributed by atoms with Gasteiger partial charge >= 0.3 is 0 Å². The van der Waals surface area contributed by atoms with E-state index in [1.165, 1.54) is 31.2 Å². The van der Waals surface area contributed by atoms with E-state index < -0.39 is 0 Å². The summed E-state index contributed by atoms with van der Waals surface area (Å²) in [4.78, 5) is 0. The van der Waals surface area contributed by atoms with Gasteiger partial charge in [-0.25, -0.2) is 0 Å². The van der Waals surface area contributed by atoms with E-state index in [2.05, 4.69) is 24.3 Å². The van der Waals surface area contributed by atoms with Crippen molar-refractivity contribution in [1.82, 2.24) is 0 Å². The zero-order valence-corrected chi connectivity index (χ0v) is 11.0. The van der Waals surface area contributed by atoms with Crippen LogP contribution < -0.4 is 5.73 Å². The summed E-state index contributed by atoms with van der Waals surface area (Å²) in [6.45, 7) is 1.63. The Bertz CT molecular complexity index is 296. The minimum atomic E-state index is 0. The van der Waals surface area contributed by atoms with Crippen LogP contribution in [0, 0.1) is 5.92 Å². The molecule has 0 heterocycles. The first-order valence-electron chi connectivity index (χ1n) is 6.22. The van der Waals surface area contributed by atoms with Crippen LogP contribution in [0.25, 0.3) is 0 Å². The normalized spacial score (nSPS) is 24.1. The third kappa shape index (κ3) is 5.07. The highest BCUT2D eigenvalue weighted by Crippen LogP contribution is 2.23. The van der Waals surface area contributed by atoms with Crippen LogP contribution in [-0.2, 0) is 11.3 Å². The van der Waals surface area contributed by atoms with E-state index in [4.69, 9.17) is 10.5 Å². The molecule has 1 aromatic carbocycles. The number of halogens is 1. The second kappa shape index (κ2) is 7.70. The summed E-state index contributed by atoms with van der Waals surface area (Å²) in [5.74, 6) is 0.725. The number of hydrogen-bond donors (Lipinski definition) is 1. The molecule has 1 aliphatic carbocycles. The lowest BCUT2D eigenvalue weighted by molar-refractivity contribution is 0.0719. The number of benzene rings is 1. The van der Waals surface area contributed by atoms with E-state index in [9.17, 15) is 0 Å². The van der Waals surface area contributed by atoms with Crippen LogP contribution in [0.2, 0.25) is 0 Å². The fourth-order valence-corrected chi connectivity index (χ4v) is 2.27. The van der Waals surface area contributed by atoms with Gasteiger partial charge in [-0.3, -0.25) is 0 Å². The van der Waals surface area contributed by atoms with Crippen molar-refractivity contribution in [3.63, 3.8) is 0 Å². The van der Waals surface area contributed by atoms with Crippen LogP contribution in [-0.4, -0.2) is 12.6 Å². The first-order valence-corrected chi connectivity index (χ1v) is 6.22. The molecule has 0 radical (unpaired) electrons. The molecule has 0 amide bonds. The summed E-state index contributed by atoms with van der Waals surface area (Å²) < 4.78 is 5.75. The van der Waals surface area contributed by atoms with Crippen molar-refractivity contribution in [3.8, 4) is 0 Å². The summed E-state index contributed by atoms with van der Waals surface area (Å²) in [5.41, 5.74) is 7.14. The van der Waals surface area contributed by atoms with Gasteiger partial charge in [0, 0.05) is 12.6 Å². The maximum atomic E-state index is 5.88. The molecule has 2 rings (SSSR count). The summed E-state index contributed by atoms with van der Waals surface area (Å²) >= 11 is 0. The molecule has 0 bridgehead atoms. The van der Waals surface area contributed by atoms with Crippen LogP contribution in [0.4, 0.5) is 0 Å². The Kier molecular flexibility index (Phi) is 6.56. The van der Waals surface area contributed by atoms with Crippen molar-refractivity contribution < 1.29 is 4.74 Å². The van der Waals surface area contributed by atoms with Gasteiger partial charge < -0.3 is 10.5 Å². The Hall–Kier alpha value is -0.570. The zero-order valence-electron chi connectivity index (χ0n) is 10.2. The number of ether oxygens (including phenoxy) is 1. The molecule has 1 fully saturated rings. The van der Waals surface area contributed by atoms with E-state index >= 15 is 0 Å². The minimum absolute atomic E-state index is 0. The lowest BCUT2D eigenvalue weighted by Crippen LogP contribution is -2.28. The molecule has 0 unspecified atom stereocenters. The van der Waals surface area contributed by atoms with Crippen molar-refractivity contribution >= 4 is 12.4 Å². The summed E-state index contributed by atoms with van der Waals surface area (Å²) in [6, 6.07) is 10.8. The number of hydrogen-bond acceptors (Lipinski definition) is 2. The SMILES string of the molecule is Cl.NC1CCC(COCc2ccccc2)CC1. The second-order valence-corrected chi connectivity index (χ2v) is 4.78. The standard InChI is InChI=1S/C14H21NO.ClH/c15-14-8-6-13(7-9-14)11-16-10-12-4-2-1-3-5-12;/h1-5,13-14H,6-11,15H2;1H.